The van der Waals surface area contributed by atoms with Gasteiger partial charge in [0, 0.05) is 9.35 Å². The highest BCUT2D eigenvalue weighted by atomic mass is 79.9. The molecule has 1 amide bonds. The highest BCUT2D eigenvalue weighted by molar-refractivity contribution is 9.10. The van der Waals surface area contributed by atoms with Crippen LogP contribution in [0.3, 0.4) is 0 Å². The maximum atomic E-state index is 11.6. The van der Waals surface area contributed by atoms with Crippen LogP contribution in [0.2, 0.25) is 0 Å². The summed E-state index contributed by atoms with van der Waals surface area (Å²) in [7, 11) is 0. The van der Waals surface area contributed by atoms with Crippen LogP contribution < -0.4 is 5.32 Å². The minimum Gasteiger partial charge on any atom is -0.395 e. The van der Waals surface area contributed by atoms with Crippen LogP contribution in [-0.4, -0.2) is 10.8 Å². The van der Waals surface area contributed by atoms with Crippen LogP contribution in [0.25, 0.3) is 0 Å². The Kier molecular flexibility index (Phi) is 3.78. The lowest BCUT2D eigenvalue weighted by Gasteiger charge is -2.01. The molecule has 0 unspecified atom stereocenters. The van der Waals surface area contributed by atoms with Gasteiger partial charge in [0.25, 0.3) is 5.91 Å². The summed E-state index contributed by atoms with van der Waals surface area (Å²) in [6.45, 7) is 0.339. The molecule has 2 aromatic heterocycles. The molecule has 0 aromatic carbocycles. The van der Waals surface area contributed by atoms with Gasteiger partial charge < -0.3 is 9.73 Å². The van der Waals surface area contributed by atoms with E-state index in [0.29, 0.717) is 6.54 Å². The fourth-order valence-corrected chi connectivity index (χ4v) is 2.68. The molecular formula is C10H7BrN2O4S. The Labute approximate surface area is 114 Å². The Morgan fingerprint density at radius 1 is 1.50 bits per heavy atom. The number of halogens is 1. The third-order valence-corrected chi connectivity index (χ3v) is 4.02. The van der Waals surface area contributed by atoms with Crippen molar-refractivity contribution in [2.24, 2.45) is 0 Å². The standard InChI is InChI=1S/C10H7BrN2O4S/c11-6-3-4-18-8(6)5-12-10(14)7-1-2-9(17-7)13(15)16/h1-4H,5H2,(H,12,14). The van der Waals surface area contributed by atoms with Crippen molar-refractivity contribution in [1.82, 2.24) is 5.32 Å². The molecule has 0 radical (unpaired) electrons. The predicted molar refractivity (Wildman–Crippen MR) is 68.6 cm³/mol. The van der Waals surface area contributed by atoms with Crippen molar-refractivity contribution in [2.45, 2.75) is 6.54 Å². The SMILES string of the molecule is O=C(NCc1sccc1Br)c1ccc([N+](=O)[O-])o1. The number of hydrogen-bond acceptors (Lipinski definition) is 5. The summed E-state index contributed by atoms with van der Waals surface area (Å²) in [6.07, 6.45) is 0. The summed E-state index contributed by atoms with van der Waals surface area (Å²) in [5.74, 6) is -1.00. The number of rotatable bonds is 4. The Bertz CT molecular complexity index is 592. The van der Waals surface area contributed by atoms with Crippen molar-refractivity contribution >= 4 is 39.1 Å². The van der Waals surface area contributed by atoms with Crippen molar-refractivity contribution in [3.8, 4) is 0 Å². The van der Waals surface area contributed by atoms with Gasteiger partial charge in [0.1, 0.15) is 4.92 Å². The molecule has 0 spiro atoms. The number of nitro groups is 1. The smallest absolute Gasteiger partial charge is 0.395 e. The quantitative estimate of drug-likeness (QED) is 0.689. The second kappa shape index (κ2) is 5.32. The van der Waals surface area contributed by atoms with Crippen LogP contribution in [0, 0.1) is 10.1 Å². The Morgan fingerprint density at radius 3 is 2.83 bits per heavy atom. The number of nitrogens with zero attached hydrogens (tertiary/aromatic N) is 1. The van der Waals surface area contributed by atoms with Crippen LogP contribution in [0.4, 0.5) is 5.88 Å². The van der Waals surface area contributed by atoms with Crippen LogP contribution in [-0.2, 0) is 6.54 Å². The molecule has 0 fully saturated rings. The first-order valence-corrected chi connectivity index (χ1v) is 6.49. The van der Waals surface area contributed by atoms with Gasteiger partial charge in [-0.05, 0) is 33.4 Å². The topological polar surface area (TPSA) is 85.4 Å². The molecule has 0 saturated carbocycles. The van der Waals surface area contributed by atoms with E-state index in [2.05, 4.69) is 21.2 Å². The molecule has 2 rings (SSSR count). The summed E-state index contributed by atoms with van der Waals surface area (Å²) in [4.78, 5) is 22.3. The zero-order chi connectivity index (χ0) is 13.1. The third-order valence-electron chi connectivity index (χ3n) is 2.10. The van der Waals surface area contributed by atoms with E-state index in [1.54, 1.807) is 0 Å². The Hall–Kier alpha value is -1.67. The van der Waals surface area contributed by atoms with Crippen molar-refractivity contribution < 1.29 is 14.1 Å². The summed E-state index contributed by atoms with van der Waals surface area (Å²) < 4.78 is 5.70. The third kappa shape index (κ3) is 2.77. The predicted octanol–water partition coefficient (Wildman–Crippen LogP) is 2.94. The van der Waals surface area contributed by atoms with Crippen LogP contribution in [0.15, 0.2) is 32.5 Å². The van der Waals surface area contributed by atoms with Crippen molar-refractivity contribution in [1.29, 1.82) is 0 Å². The second-order valence-electron chi connectivity index (χ2n) is 3.27. The van der Waals surface area contributed by atoms with E-state index in [1.807, 2.05) is 11.4 Å². The molecule has 6 nitrogen and oxygen atoms in total. The first kappa shape index (κ1) is 12.8. The molecule has 0 aliphatic rings. The lowest BCUT2D eigenvalue weighted by molar-refractivity contribution is -0.402. The van der Waals surface area contributed by atoms with Gasteiger partial charge in [0.2, 0.25) is 0 Å². The van der Waals surface area contributed by atoms with Gasteiger partial charge in [0.15, 0.2) is 5.76 Å². The van der Waals surface area contributed by atoms with Crippen molar-refractivity contribution in [3.05, 3.63) is 48.8 Å². The number of amides is 1. The summed E-state index contributed by atoms with van der Waals surface area (Å²) in [5, 5.41) is 14.9. The number of hydrogen-bond donors (Lipinski definition) is 1. The van der Waals surface area contributed by atoms with Gasteiger partial charge in [-0.3, -0.25) is 14.9 Å². The molecule has 0 aliphatic carbocycles. The Morgan fingerprint density at radius 2 is 2.28 bits per heavy atom. The van der Waals surface area contributed by atoms with E-state index in [-0.39, 0.29) is 5.76 Å². The van der Waals surface area contributed by atoms with Crippen LogP contribution >= 0.6 is 27.3 Å². The second-order valence-corrected chi connectivity index (χ2v) is 5.12. The molecule has 0 atom stereocenters. The lowest BCUT2D eigenvalue weighted by Crippen LogP contribution is -2.21. The van der Waals surface area contributed by atoms with Gasteiger partial charge in [-0.15, -0.1) is 11.3 Å². The van der Waals surface area contributed by atoms with Gasteiger partial charge in [-0.25, -0.2) is 0 Å². The van der Waals surface area contributed by atoms with Gasteiger partial charge in [0.05, 0.1) is 12.6 Å². The minimum absolute atomic E-state index is 0.0746. The normalized spacial score (nSPS) is 10.3. The molecule has 0 aliphatic heterocycles. The molecular weight excluding hydrogens is 324 g/mol. The van der Waals surface area contributed by atoms with E-state index >= 15 is 0 Å². The van der Waals surface area contributed by atoms with Crippen molar-refractivity contribution in [3.63, 3.8) is 0 Å². The molecule has 18 heavy (non-hydrogen) atoms. The van der Waals surface area contributed by atoms with Crippen LogP contribution in [0.1, 0.15) is 15.4 Å². The average molecular weight is 331 g/mol. The minimum atomic E-state index is -0.688. The van der Waals surface area contributed by atoms with E-state index in [1.165, 1.54) is 17.4 Å². The molecule has 2 aromatic rings. The number of carbonyl (C=O) groups excluding carboxylic acids is 1. The maximum Gasteiger partial charge on any atom is 0.433 e. The van der Waals surface area contributed by atoms with E-state index in [0.717, 1.165) is 15.4 Å². The first-order chi connectivity index (χ1) is 8.58. The van der Waals surface area contributed by atoms with Crippen molar-refractivity contribution in [2.75, 3.05) is 0 Å². The van der Waals surface area contributed by atoms with Gasteiger partial charge in [-0.1, -0.05) is 0 Å². The van der Waals surface area contributed by atoms with E-state index in [4.69, 9.17) is 4.42 Å². The fourth-order valence-electron chi connectivity index (χ4n) is 1.25. The van der Waals surface area contributed by atoms with Gasteiger partial charge in [-0.2, -0.15) is 0 Å². The first-order valence-electron chi connectivity index (χ1n) is 4.82. The van der Waals surface area contributed by atoms with E-state index < -0.39 is 16.7 Å². The molecule has 1 N–H and O–H groups in total. The molecule has 0 bridgehead atoms. The van der Waals surface area contributed by atoms with Gasteiger partial charge >= 0.3 is 5.88 Å². The highest BCUT2D eigenvalue weighted by Crippen LogP contribution is 2.22. The number of thiophene rings is 1. The zero-order valence-corrected chi connectivity index (χ0v) is 11.3. The number of carbonyl (C=O) groups is 1. The molecule has 0 saturated heterocycles. The van der Waals surface area contributed by atoms with Crippen LogP contribution in [0.5, 0.6) is 0 Å². The number of furan rings is 1. The number of nitrogens with one attached hydrogen (secondary N) is 1. The summed E-state index contributed by atoms with van der Waals surface area (Å²) in [5.41, 5.74) is 0. The summed E-state index contributed by atoms with van der Waals surface area (Å²) in [6, 6.07) is 4.30. The molecule has 8 heteroatoms. The fraction of sp³-hybridized carbons (Fsp3) is 0.100. The Balaban J connectivity index is 1.99. The molecule has 2 heterocycles. The largest absolute Gasteiger partial charge is 0.433 e. The monoisotopic (exact) mass is 330 g/mol. The lowest BCUT2D eigenvalue weighted by atomic mass is 10.4. The molecule has 94 valence electrons. The summed E-state index contributed by atoms with van der Waals surface area (Å²) >= 11 is 4.84. The highest BCUT2D eigenvalue weighted by Gasteiger charge is 2.17. The maximum absolute atomic E-state index is 11.6. The van der Waals surface area contributed by atoms with E-state index in [9.17, 15) is 14.9 Å². The average Bonchev–Trinajstić information content (AvgIpc) is 2.94. The zero-order valence-electron chi connectivity index (χ0n) is 8.88.